The SMILES string of the molecule is C[C@H](C(=O)NCc1ccc(Cl)cc1)N(Cc1ccccc1)C(=O)COc1ccccc1. The van der Waals surface area contributed by atoms with Crippen LogP contribution in [-0.4, -0.2) is 29.4 Å². The molecule has 0 saturated heterocycles. The van der Waals surface area contributed by atoms with Gasteiger partial charge in [-0.05, 0) is 42.3 Å². The lowest BCUT2D eigenvalue weighted by Crippen LogP contribution is -2.48. The largest absolute Gasteiger partial charge is 0.484 e. The minimum absolute atomic E-state index is 0.147. The van der Waals surface area contributed by atoms with Gasteiger partial charge in [-0.2, -0.15) is 0 Å². The van der Waals surface area contributed by atoms with Crippen molar-refractivity contribution in [3.8, 4) is 5.75 Å². The third kappa shape index (κ3) is 6.86. The van der Waals surface area contributed by atoms with E-state index in [1.165, 1.54) is 4.90 Å². The Morgan fingerprint density at radius 1 is 0.903 bits per heavy atom. The lowest BCUT2D eigenvalue weighted by Gasteiger charge is -2.28. The van der Waals surface area contributed by atoms with Gasteiger partial charge in [-0.25, -0.2) is 0 Å². The molecule has 0 aliphatic carbocycles. The van der Waals surface area contributed by atoms with E-state index in [1.807, 2.05) is 60.7 Å². The number of hydrogen-bond donors (Lipinski definition) is 1. The van der Waals surface area contributed by atoms with Gasteiger partial charge < -0.3 is 15.0 Å². The number of rotatable bonds is 9. The number of hydrogen-bond acceptors (Lipinski definition) is 3. The number of nitrogens with zero attached hydrogens (tertiary/aromatic N) is 1. The minimum Gasteiger partial charge on any atom is -0.484 e. The molecule has 160 valence electrons. The average molecular weight is 437 g/mol. The van der Waals surface area contributed by atoms with E-state index in [4.69, 9.17) is 16.3 Å². The van der Waals surface area contributed by atoms with Crippen molar-refractivity contribution in [2.45, 2.75) is 26.1 Å². The van der Waals surface area contributed by atoms with Gasteiger partial charge in [0.15, 0.2) is 6.61 Å². The zero-order valence-electron chi connectivity index (χ0n) is 17.3. The number of carbonyl (C=O) groups excluding carboxylic acids is 2. The maximum Gasteiger partial charge on any atom is 0.261 e. The van der Waals surface area contributed by atoms with Gasteiger partial charge in [0.2, 0.25) is 5.91 Å². The Balaban J connectivity index is 1.66. The highest BCUT2D eigenvalue weighted by molar-refractivity contribution is 6.30. The molecule has 0 unspecified atom stereocenters. The smallest absolute Gasteiger partial charge is 0.261 e. The lowest BCUT2D eigenvalue weighted by atomic mass is 10.1. The summed E-state index contributed by atoms with van der Waals surface area (Å²) in [4.78, 5) is 27.3. The fraction of sp³-hybridized carbons (Fsp3) is 0.200. The molecule has 5 nitrogen and oxygen atoms in total. The van der Waals surface area contributed by atoms with E-state index < -0.39 is 6.04 Å². The van der Waals surface area contributed by atoms with E-state index in [1.54, 1.807) is 31.2 Å². The average Bonchev–Trinajstić information content (AvgIpc) is 2.81. The van der Waals surface area contributed by atoms with Gasteiger partial charge in [0, 0.05) is 18.1 Å². The number of carbonyl (C=O) groups is 2. The highest BCUT2D eigenvalue weighted by atomic mass is 35.5. The van der Waals surface area contributed by atoms with Crippen LogP contribution in [0, 0.1) is 0 Å². The molecule has 3 aromatic carbocycles. The molecular formula is C25H25ClN2O3. The molecule has 3 rings (SSSR count). The quantitative estimate of drug-likeness (QED) is 0.539. The summed E-state index contributed by atoms with van der Waals surface area (Å²) in [6.45, 7) is 2.24. The molecule has 0 aliphatic heterocycles. The van der Waals surface area contributed by atoms with Crippen LogP contribution in [0.2, 0.25) is 5.02 Å². The summed E-state index contributed by atoms with van der Waals surface area (Å²) < 4.78 is 5.62. The lowest BCUT2D eigenvalue weighted by molar-refractivity contribution is -0.142. The summed E-state index contributed by atoms with van der Waals surface area (Å²) in [5, 5.41) is 3.54. The van der Waals surface area contributed by atoms with Crippen LogP contribution in [-0.2, 0) is 22.7 Å². The van der Waals surface area contributed by atoms with E-state index in [-0.39, 0.29) is 18.4 Å². The molecule has 1 N–H and O–H groups in total. The number of amides is 2. The summed E-state index contributed by atoms with van der Waals surface area (Å²) in [6, 6.07) is 25.3. The first kappa shape index (κ1) is 22.4. The van der Waals surface area contributed by atoms with Crippen molar-refractivity contribution in [3.63, 3.8) is 0 Å². The Hall–Kier alpha value is -3.31. The van der Waals surface area contributed by atoms with Gasteiger partial charge >= 0.3 is 0 Å². The van der Waals surface area contributed by atoms with Crippen LogP contribution in [0.5, 0.6) is 5.75 Å². The molecule has 3 aromatic rings. The zero-order valence-corrected chi connectivity index (χ0v) is 18.1. The van der Waals surface area contributed by atoms with Crippen molar-refractivity contribution in [3.05, 3.63) is 101 Å². The van der Waals surface area contributed by atoms with Gasteiger partial charge in [-0.1, -0.05) is 72.3 Å². The zero-order chi connectivity index (χ0) is 22.1. The summed E-state index contributed by atoms with van der Waals surface area (Å²) >= 11 is 5.91. The Bertz CT molecular complexity index is 979. The van der Waals surface area contributed by atoms with Crippen molar-refractivity contribution < 1.29 is 14.3 Å². The molecule has 1 atom stereocenters. The maximum atomic E-state index is 13.0. The van der Waals surface area contributed by atoms with Crippen molar-refractivity contribution in [2.24, 2.45) is 0 Å². The van der Waals surface area contributed by atoms with Gasteiger partial charge in [0.25, 0.3) is 5.91 Å². The van der Waals surface area contributed by atoms with Gasteiger partial charge in [-0.3, -0.25) is 9.59 Å². The second kappa shape index (κ2) is 11.2. The molecule has 0 aromatic heterocycles. The van der Waals surface area contributed by atoms with E-state index in [2.05, 4.69) is 5.32 Å². The van der Waals surface area contributed by atoms with Crippen LogP contribution in [0.25, 0.3) is 0 Å². The summed E-state index contributed by atoms with van der Waals surface area (Å²) in [7, 11) is 0. The van der Waals surface area contributed by atoms with Gasteiger partial charge in [0.05, 0.1) is 0 Å². The van der Waals surface area contributed by atoms with E-state index in [0.717, 1.165) is 11.1 Å². The molecule has 2 amide bonds. The van der Waals surface area contributed by atoms with Crippen LogP contribution in [0.3, 0.4) is 0 Å². The Morgan fingerprint density at radius 2 is 1.52 bits per heavy atom. The standard InChI is InChI=1S/C25H25ClN2O3/c1-19(25(30)27-16-20-12-14-22(26)15-13-20)28(17-21-8-4-2-5-9-21)24(29)18-31-23-10-6-3-7-11-23/h2-15,19H,16-18H2,1H3,(H,27,30)/t19-/m1/s1. The predicted molar refractivity (Wildman–Crippen MR) is 122 cm³/mol. The van der Waals surface area contributed by atoms with Crippen molar-refractivity contribution in [2.75, 3.05) is 6.61 Å². The van der Waals surface area contributed by atoms with Crippen LogP contribution < -0.4 is 10.1 Å². The van der Waals surface area contributed by atoms with Crippen LogP contribution in [0.4, 0.5) is 0 Å². The number of para-hydroxylation sites is 1. The summed E-state index contributed by atoms with van der Waals surface area (Å²) in [5.41, 5.74) is 1.87. The normalized spacial score (nSPS) is 11.4. The van der Waals surface area contributed by atoms with Crippen molar-refractivity contribution >= 4 is 23.4 Å². The predicted octanol–water partition coefficient (Wildman–Crippen LogP) is 4.45. The number of ether oxygens (including phenoxy) is 1. The maximum absolute atomic E-state index is 13.0. The molecule has 6 heteroatoms. The molecule has 0 radical (unpaired) electrons. The van der Waals surface area contributed by atoms with Crippen LogP contribution >= 0.6 is 11.6 Å². The molecule has 0 spiro atoms. The molecule has 0 fully saturated rings. The van der Waals surface area contributed by atoms with Crippen LogP contribution in [0.1, 0.15) is 18.1 Å². The first-order chi connectivity index (χ1) is 15.0. The Kier molecular flexibility index (Phi) is 8.07. The molecule has 0 bridgehead atoms. The second-order valence-electron chi connectivity index (χ2n) is 7.13. The van der Waals surface area contributed by atoms with Crippen molar-refractivity contribution in [1.29, 1.82) is 0 Å². The monoisotopic (exact) mass is 436 g/mol. The topological polar surface area (TPSA) is 58.6 Å². The number of nitrogens with one attached hydrogen (secondary N) is 1. The minimum atomic E-state index is -0.667. The highest BCUT2D eigenvalue weighted by Crippen LogP contribution is 2.13. The number of benzene rings is 3. The van der Waals surface area contributed by atoms with E-state index in [9.17, 15) is 9.59 Å². The third-order valence-electron chi connectivity index (χ3n) is 4.85. The van der Waals surface area contributed by atoms with Gasteiger partial charge in [0.1, 0.15) is 11.8 Å². The highest BCUT2D eigenvalue weighted by Gasteiger charge is 2.26. The van der Waals surface area contributed by atoms with E-state index >= 15 is 0 Å². The number of halogens is 1. The first-order valence-electron chi connectivity index (χ1n) is 10.1. The molecule has 31 heavy (non-hydrogen) atoms. The molecule has 0 heterocycles. The molecular weight excluding hydrogens is 412 g/mol. The summed E-state index contributed by atoms with van der Waals surface area (Å²) in [6.07, 6.45) is 0. The van der Waals surface area contributed by atoms with Gasteiger partial charge in [-0.15, -0.1) is 0 Å². The first-order valence-corrected chi connectivity index (χ1v) is 10.4. The molecule has 0 saturated carbocycles. The fourth-order valence-electron chi connectivity index (χ4n) is 3.05. The van der Waals surface area contributed by atoms with Crippen molar-refractivity contribution in [1.82, 2.24) is 10.2 Å². The second-order valence-corrected chi connectivity index (χ2v) is 7.57. The molecule has 0 aliphatic rings. The van der Waals surface area contributed by atoms with E-state index in [0.29, 0.717) is 23.9 Å². The van der Waals surface area contributed by atoms with Crippen LogP contribution in [0.15, 0.2) is 84.9 Å². The third-order valence-corrected chi connectivity index (χ3v) is 5.10. The summed E-state index contributed by atoms with van der Waals surface area (Å²) in [5.74, 6) is 0.108. The Morgan fingerprint density at radius 3 is 2.16 bits per heavy atom. The Labute approximate surface area is 187 Å². The fourth-order valence-corrected chi connectivity index (χ4v) is 3.17.